The van der Waals surface area contributed by atoms with Gasteiger partial charge in [0.2, 0.25) is 0 Å². The van der Waals surface area contributed by atoms with Crippen molar-refractivity contribution in [1.29, 1.82) is 0 Å². The highest BCUT2D eigenvalue weighted by molar-refractivity contribution is 6.01. The minimum Gasteiger partial charge on any atom is -0.475 e. The molecule has 0 aliphatic carbocycles. The van der Waals surface area contributed by atoms with Crippen molar-refractivity contribution in [3.05, 3.63) is 54.3 Å². The third kappa shape index (κ3) is 2.13. The Bertz CT molecular complexity index is 735. The molecule has 0 saturated heterocycles. The molecule has 0 saturated carbocycles. The van der Waals surface area contributed by atoms with Crippen LogP contribution in [0.25, 0.3) is 10.9 Å². The molecule has 1 heterocycles. The first-order valence-corrected chi connectivity index (χ1v) is 5.69. The van der Waals surface area contributed by atoms with Crippen LogP contribution in [0.1, 0.15) is 10.6 Å². The maximum absolute atomic E-state index is 11.0. The van der Waals surface area contributed by atoms with Gasteiger partial charge < -0.3 is 14.9 Å². The average Bonchev–Trinajstić information content (AvgIpc) is 2.83. The normalized spacial score (nSPS) is 10.5. The Morgan fingerprint density at radius 1 is 1.11 bits per heavy atom. The Balaban J connectivity index is 2.01. The Kier molecular flexibility index (Phi) is 2.64. The van der Waals surface area contributed by atoms with E-state index in [4.69, 9.17) is 9.63 Å². The van der Waals surface area contributed by atoms with Crippen LogP contribution in [0.3, 0.4) is 0 Å². The number of anilines is 2. The van der Waals surface area contributed by atoms with Crippen LogP contribution in [0.15, 0.2) is 53.1 Å². The maximum Gasteiger partial charge on any atom is 0.375 e. The standard InChI is InChI=1S/C14H10N2O3/c17-14(18)13-11-8-10(6-7-12(11)16-19-13)15-9-4-2-1-3-5-9/h1-8,15H,(H,17,18). The molecule has 0 spiro atoms. The molecule has 2 N–H and O–H groups in total. The first kappa shape index (κ1) is 11.3. The fourth-order valence-electron chi connectivity index (χ4n) is 1.86. The molecular formula is C14H10N2O3. The molecular weight excluding hydrogens is 244 g/mol. The quantitative estimate of drug-likeness (QED) is 0.750. The largest absolute Gasteiger partial charge is 0.475 e. The molecule has 0 radical (unpaired) electrons. The van der Waals surface area contributed by atoms with E-state index in [1.807, 2.05) is 36.4 Å². The van der Waals surface area contributed by atoms with E-state index >= 15 is 0 Å². The van der Waals surface area contributed by atoms with Crippen molar-refractivity contribution in [1.82, 2.24) is 5.16 Å². The lowest BCUT2D eigenvalue weighted by Crippen LogP contribution is -1.94. The number of benzene rings is 2. The Labute approximate surface area is 108 Å². The van der Waals surface area contributed by atoms with E-state index in [-0.39, 0.29) is 5.76 Å². The van der Waals surface area contributed by atoms with Crippen LogP contribution in [0.2, 0.25) is 0 Å². The summed E-state index contributed by atoms with van der Waals surface area (Å²) in [6, 6.07) is 14.9. The Morgan fingerprint density at radius 2 is 1.89 bits per heavy atom. The van der Waals surface area contributed by atoms with E-state index < -0.39 is 5.97 Å². The summed E-state index contributed by atoms with van der Waals surface area (Å²) >= 11 is 0. The molecule has 5 nitrogen and oxygen atoms in total. The van der Waals surface area contributed by atoms with Crippen LogP contribution >= 0.6 is 0 Å². The van der Waals surface area contributed by atoms with E-state index in [9.17, 15) is 4.79 Å². The zero-order chi connectivity index (χ0) is 13.2. The molecule has 19 heavy (non-hydrogen) atoms. The Hall–Kier alpha value is -2.82. The summed E-state index contributed by atoms with van der Waals surface area (Å²) in [5.41, 5.74) is 2.23. The number of fused-ring (bicyclic) bond motifs is 1. The van der Waals surface area contributed by atoms with Crippen molar-refractivity contribution in [2.24, 2.45) is 0 Å². The number of carboxylic acids is 1. The van der Waals surface area contributed by atoms with Gasteiger partial charge in [0.25, 0.3) is 5.76 Å². The van der Waals surface area contributed by atoms with Crippen molar-refractivity contribution in [3.8, 4) is 0 Å². The minimum atomic E-state index is -1.13. The first-order valence-electron chi connectivity index (χ1n) is 5.69. The van der Waals surface area contributed by atoms with Gasteiger partial charge in [-0.1, -0.05) is 23.4 Å². The summed E-state index contributed by atoms with van der Waals surface area (Å²) in [7, 11) is 0. The molecule has 94 valence electrons. The highest BCUT2D eigenvalue weighted by Gasteiger charge is 2.15. The number of carboxylic acid groups (broad SMARTS) is 1. The van der Waals surface area contributed by atoms with Gasteiger partial charge in [-0.2, -0.15) is 0 Å². The highest BCUT2D eigenvalue weighted by atomic mass is 16.5. The number of hydrogen-bond donors (Lipinski definition) is 2. The number of hydrogen-bond acceptors (Lipinski definition) is 4. The van der Waals surface area contributed by atoms with Gasteiger partial charge in [-0.25, -0.2) is 4.79 Å². The molecule has 5 heteroatoms. The summed E-state index contributed by atoms with van der Waals surface area (Å²) in [6.07, 6.45) is 0. The van der Waals surface area contributed by atoms with Crippen LogP contribution in [0.5, 0.6) is 0 Å². The summed E-state index contributed by atoms with van der Waals surface area (Å²) in [6.45, 7) is 0. The molecule has 0 unspecified atom stereocenters. The lowest BCUT2D eigenvalue weighted by Gasteiger charge is -2.05. The summed E-state index contributed by atoms with van der Waals surface area (Å²) in [4.78, 5) is 11.0. The second-order valence-corrected chi connectivity index (χ2v) is 4.04. The molecule has 0 aliphatic heterocycles. The highest BCUT2D eigenvalue weighted by Crippen LogP contribution is 2.24. The summed E-state index contributed by atoms with van der Waals surface area (Å²) in [5.74, 6) is -1.27. The van der Waals surface area contributed by atoms with Crippen LogP contribution in [0.4, 0.5) is 11.4 Å². The number of para-hydroxylation sites is 1. The number of nitrogens with zero attached hydrogens (tertiary/aromatic N) is 1. The SMILES string of the molecule is O=C(O)c1onc2ccc(Nc3ccccc3)cc12. The molecule has 1 aromatic heterocycles. The van der Waals surface area contributed by atoms with Gasteiger partial charge in [0.1, 0.15) is 5.52 Å². The van der Waals surface area contributed by atoms with Gasteiger partial charge in [0.15, 0.2) is 0 Å². The third-order valence-electron chi connectivity index (χ3n) is 2.73. The van der Waals surface area contributed by atoms with Crippen molar-refractivity contribution in [3.63, 3.8) is 0 Å². The average molecular weight is 254 g/mol. The number of rotatable bonds is 3. The van der Waals surface area contributed by atoms with Gasteiger partial charge in [-0.05, 0) is 30.3 Å². The lowest BCUT2D eigenvalue weighted by atomic mass is 10.2. The second-order valence-electron chi connectivity index (χ2n) is 4.04. The van der Waals surface area contributed by atoms with E-state index in [2.05, 4.69) is 10.5 Å². The minimum absolute atomic E-state index is 0.147. The van der Waals surface area contributed by atoms with Crippen molar-refractivity contribution in [2.75, 3.05) is 5.32 Å². The lowest BCUT2D eigenvalue weighted by molar-refractivity contribution is 0.0655. The van der Waals surface area contributed by atoms with Crippen LogP contribution in [0, 0.1) is 0 Å². The van der Waals surface area contributed by atoms with E-state index in [0.717, 1.165) is 11.4 Å². The van der Waals surface area contributed by atoms with E-state index in [0.29, 0.717) is 10.9 Å². The van der Waals surface area contributed by atoms with Gasteiger partial charge in [0, 0.05) is 11.4 Å². The van der Waals surface area contributed by atoms with Crippen molar-refractivity contribution < 1.29 is 14.4 Å². The predicted octanol–water partition coefficient (Wildman–Crippen LogP) is 3.27. The zero-order valence-corrected chi connectivity index (χ0v) is 9.83. The van der Waals surface area contributed by atoms with Gasteiger partial charge >= 0.3 is 5.97 Å². The van der Waals surface area contributed by atoms with Crippen LogP contribution in [-0.2, 0) is 0 Å². The number of aromatic carboxylic acids is 1. The first-order chi connectivity index (χ1) is 9.24. The fourth-order valence-corrected chi connectivity index (χ4v) is 1.86. The van der Waals surface area contributed by atoms with Crippen molar-refractivity contribution >= 4 is 28.2 Å². The molecule has 0 atom stereocenters. The maximum atomic E-state index is 11.0. The van der Waals surface area contributed by atoms with Crippen LogP contribution < -0.4 is 5.32 Å². The molecule has 3 rings (SSSR count). The third-order valence-corrected chi connectivity index (χ3v) is 2.73. The smallest absolute Gasteiger partial charge is 0.375 e. The van der Waals surface area contributed by atoms with E-state index in [1.165, 1.54) is 0 Å². The molecule has 0 bridgehead atoms. The van der Waals surface area contributed by atoms with Crippen molar-refractivity contribution in [2.45, 2.75) is 0 Å². The van der Waals surface area contributed by atoms with Crippen LogP contribution in [-0.4, -0.2) is 16.2 Å². The van der Waals surface area contributed by atoms with E-state index in [1.54, 1.807) is 12.1 Å². The molecule has 3 aromatic rings. The molecule has 2 aromatic carbocycles. The zero-order valence-electron chi connectivity index (χ0n) is 9.83. The molecule has 0 amide bonds. The summed E-state index contributed by atoms with van der Waals surface area (Å²) < 4.78 is 4.80. The number of carbonyl (C=O) groups is 1. The van der Waals surface area contributed by atoms with Gasteiger partial charge in [-0.15, -0.1) is 0 Å². The van der Waals surface area contributed by atoms with Gasteiger partial charge in [0.05, 0.1) is 5.39 Å². The molecule has 0 fully saturated rings. The summed E-state index contributed by atoms with van der Waals surface area (Å²) in [5, 5.41) is 16.4. The topological polar surface area (TPSA) is 75.4 Å². The predicted molar refractivity (Wildman–Crippen MR) is 70.7 cm³/mol. The molecule has 0 aliphatic rings. The Morgan fingerprint density at radius 3 is 2.63 bits per heavy atom. The van der Waals surface area contributed by atoms with Gasteiger partial charge in [-0.3, -0.25) is 0 Å². The monoisotopic (exact) mass is 254 g/mol. The number of nitrogens with one attached hydrogen (secondary N) is 1. The fraction of sp³-hybridized carbons (Fsp3) is 0. The number of aromatic nitrogens is 1. The second kappa shape index (κ2) is 4.45.